The van der Waals surface area contributed by atoms with E-state index in [1.807, 2.05) is 0 Å². The summed E-state index contributed by atoms with van der Waals surface area (Å²) in [6.45, 7) is -0.0259. The van der Waals surface area contributed by atoms with Gasteiger partial charge in [0.15, 0.2) is 0 Å². The van der Waals surface area contributed by atoms with Crippen molar-refractivity contribution in [2.75, 3.05) is 6.61 Å². The second-order valence-electron chi connectivity index (χ2n) is 2.04. The molecule has 0 aliphatic heterocycles. The normalized spacial score (nSPS) is 13.4. The predicted molar refractivity (Wildman–Crippen MR) is 35.4 cm³/mol. The molecule has 1 aromatic rings. The minimum absolute atomic E-state index is 0.0259. The maximum atomic E-state index is 9.16. The van der Waals surface area contributed by atoms with Gasteiger partial charge in [-0.15, -0.1) is 0 Å². The molecule has 1 atom stereocenters. The molecule has 0 radical (unpaired) electrons. The fourth-order valence-corrected chi connectivity index (χ4v) is 0.745. The molecule has 2 N–H and O–H groups in total. The zero-order valence-electron chi connectivity index (χ0n) is 5.53. The molecule has 0 saturated carbocycles. The summed E-state index contributed by atoms with van der Waals surface area (Å²) in [7, 11) is 0. The minimum Gasteiger partial charge on any atom is -0.467 e. The Morgan fingerprint density at radius 2 is 2.40 bits per heavy atom. The van der Waals surface area contributed by atoms with Crippen LogP contribution in [0.4, 0.5) is 0 Å². The van der Waals surface area contributed by atoms with Crippen LogP contribution in [0.2, 0.25) is 0 Å². The number of rotatable bonds is 3. The van der Waals surface area contributed by atoms with Gasteiger partial charge in [-0.1, -0.05) is 0 Å². The fraction of sp³-hybridized carbons (Fsp3) is 0.429. The third-order valence-electron chi connectivity index (χ3n) is 1.27. The smallest absolute Gasteiger partial charge is 0.132 e. The lowest BCUT2D eigenvalue weighted by Gasteiger charge is -2.02. The summed E-state index contributed by atoms with van der Waals surface area (Å²) in [6, 6.07) is 3.39. The Hall–Kier alpha value is -0.800. The van der Waals surface area contributed by atoms with E-state index in [1.165, 1.54) is 6.26 Å². The van der Waals surface area contributed by atoms with E-state index in [0.717, 1.165) is 0 Å². The van der Waals surface area contributed by atoms with Crippen LogP contribution in [0.25, 0.3) is 0 Å². The van der Waals surface area contributed by atoms with Gasteiger partial charge in [-0.05, 0) is 12.1 Å². The van der Waals surface area contributed by atoms with Crippen LogP contribution in [-0.2, 0) is 0 Å². The van der Waals surface area contributed by atoms with Crippen molar-refractivity contribution in [3.05, 3.63) is 24.2 Å². The van der Waals surface area contributed by atoms with Gasteiger partial charge in [-0.25, -0.2) is 0 Å². The molecular formula is C7H10O3. The van der Waals surface area contributed by atoms with E-state index < -0.39 is 6.10 Å². The topological polar surface area (TPSA) is 53.6 Å². The Labute approximate surface area is 58.9 Å². The predicted octanol–water partition coefficient (Wildman–Crippen LogP) is 0.695. The lowest BCUT2D eigenvalue weighted by atomic mass is 10.2. The monoisotopic (exact) mass is 142 g/mol. The van der Waals surface area contributed by atoms with Crippen LogP contribution in [0, 0.1) is 0 Å². The molecule has 3 nitrogen and oxygen atoms in total. The molecule has 10 heavy (non-hydrogen) atoms. The number of furan rings is 1. The SMILES string of the molecule is OCC[C@@H](O)c1ccco1. The van der Waals surface area contributed by atoms with Gasteiger partial charge in [0.2, 0.25) is 0 Å². The van der Waals surface area contributed by atoms with E-state index in [-0.39, 0.29) is 6.61 Å². The molecule has 0 bridgehead atoms. The second-order valence-corrected chi connectivity index (χ2v) is 2.04. The zero-order chi connectivity index (χ0) is 7.40. The first-order valence-corrected chi connectivity index (χ1v) is 3.17. The van der Waals surface area contributed by atoms with Crippen LogP contribution in [0.3, 0.4) is 0 Å². The summed E-state index contributed by atoms with van der Waals surface area (Å²) >= 11 is 0. The summed E-state index contributed by atoms with van der Waals surface area (Å²) in [5.41, 5.74) is 0. The molecule has 0 saturated heterocycles. The molecule has 0 amide bonds. The van der Waals surface area contributed by atoms with Gasteiger partial charge in [0.25, 0.3) is 0 Å². The van der Waals surface area contributed by atoms with Crippen molar-refractivity contribution in [3.8, 4) is 0 Å². The van der Waals surface area contributed by atoms with Crippen molar-refractivity contribution >= 4 is 0 Å². The van der Waals surface area contributed by atoms with Crippen LogP contribution in [0.1, 0.15) is 18.3 Å². The largest absolute Gasteiger partial charge is 0.467 e. The van der Waals surface area contributed by atoms with Crippen molar-refractivity contribution in [2.24, 2.45) is 0 Å². The average molecular weight is 142 g/mol. The van der Waals surface area contributed by atoms with Gasteiger partial charge >= 0.3 is 0 Å². The highest BCUT2D eigenvalue weighted by Gasteiger charge is 2.07. The molecule has 0 fully saturated rings. The van der Waals surface area contributed by atoms with E-state index in [9.17, 15) is 0 Å². The van der Waals surface area contributed by atoms with Crippen molar-refractivity contribution in [3.63, 3.8) is 0 Å². The first-order chi connectivity index (χ1) is 4.84. The van der Waals surface area contributed by atoms with E-state index in [2.05, 4.69) is 0 Å². The molecule has 0 spiro atoms. The number of aliphatic hydroxyl groups excluding tert-OH is 2. The van der Waals surface area contributed by atoms with Crippen molar-refractivity contribution in [1.29, 1.82) is 0 Å². The minimum atomic E-state index is -0.667. The molecule has 1 rings (SSSR count). The molecule has 1 aromatic heterocycles. The van der Waals surface area contributed by atoms with Crippen molar-refractivity contribution < 1.29 is 14.6 Å². The maximum absolute atomic E-state index is 9.16. The molecule has 1 heterocycles. The van der Waals surface area contributed by atoms with Crippen molar-refractivity contribution in [1.82, 2.24) is 0 Å². The molecular weight excluding hydrogens is 132 g/mol. The molecule has 0 aromatic carbocycles. The lowest BCUT2D eigenvalue weighted by Crippen LogP contribution is -1.97. The first-order valence-electron chi connectivity index (χ1n) is 3.17. The maximum Gasteiger partial charge on any atom is 0.132 e. The number of hydrogen-bond donors (Lipinski definition) is 2. The second kappa shape index (κ2) is 3.39. The highest BCUT2D eigenvalue weighted by molar-refractivity contribution is 5.01. The van der Waals surface area contributed by atoms with Gasteiger partial charge < -0.3 is 14.6 Å². The van der Waals surface area contributed by atoms with E-state index in [4.69, 9.17) is 14.6 Å². The van der Waals surface area contributed by atoms with Gasteiger partial charge in [0.05, 0.1) is 6.26 Å². The lowest BCUT2D eigenvalue weighted by molar-refractivity contribution is 0.113. The average Bonchev–Trinajstić information content (AvgIpc) is 2.38. The fourth-order valence-electron chi connectivity index (χ4n) is 0.745. The first kappa shape index (κ1) is 7.31. The number of aliphatic hydroxyl groups is 2. The van der Waals surface area contributed by atoms with Gasteiger partial charge in [0, 0.05) is 13.0 Å². The number of hydrogen-bond acceptors (Lipinski definition) is 3. The van der Waals surface area contributed by atoms with E-state index >= 15 is 0 Å². The summed E-state index contributed by atoms with van der Waals surface area (Å²) in [6.07, 6.45) is 1.16. The Bertz CT molecular complexity index is 169. The quantitative estimate of drug-likeness (QED) is 0.653. The van der Waals surface area contributed by atoms with Crippen LogP contribution < -0.4 is 0 Å². The molecule has 3 heteroatoms. The zero-order valence-corrected chi connectivity index (χ0v) is 5.53. The third-order valence-corrected chi connectivity index (χ3v) is 1.27. The highest BCUT2D eigenvalue weighted by atomic mass is 16.4. The van der Waals surface area contributed by atoms with Gasteiger partial charge in [-0.2, -0.15) is 0 Å². The van der Waals surface area contributed by atoms with Crippen LogP contribution >= 0.6 is 0 Å². The van der Waals surface area contributed by atoms with Gasteiger partial charge in [0.1, 0.15) is 11.9 Å². The standard InChI is InChI=1S/C7H10O3/c8-4-3-6(9)7-2-1-5-10-7/h1-2,5-6,8-9H,3-4H2/t6-/m1/s1. The van der Waals surface area contributed by atoms with Crippen molar-refractivity contribution in [2.45, 2.75) is 12.5 Å². The molecule has 0 unspecified atom stereocenters. The van der Waals surface area contributed by atoms with Crippen LogP contribution in [0.15, 0.2) is 22.8 Å². The molecule has 56 valence electrons. The van der Waals surface area contributed by atoms with E-state index in [1.54, 1.807) is 12.1 Å². The summed E-state index contributed by atoms with van der Waals surface area (Å²) in [5.74, 6) is 0.508. The van der Waals surface area contributed by atoms with Gasteiger partial charge in [-0.3, -0.25) is 0 Å². The molecule has 0 aliphatic rings. The summed E-state index contributed by atoms with van der Waals surface area (Å²) in [5, 5.41) is 17.6. The Morgan fingerprint density at radius 3 is 2.90 bits per heavy atom. The Morgan fingerprint density at radius 1 is 1.60 bits per heavy atom. The van der Waals surface area contributed by atoms with E-state index in [0.29, 0.717) is 12.2 Å². The Balaban J connectivity index is 2.50. The summed E-state index contributed by atoms with van der Waals surface area (Å²) < 4.78 is 4.89. The summed E-state index contributed by atoms with van der Waals surface area (Å²) in [4.78, 5) is 0. The third kappa shape index (κ3) is 1.59. The van der Waals surface area contributed by atoms with Crippen LogP contribution in [-0.4, -0.2) is 16.8 Å². The van der Waals surface area contributed by atoms with Crippen LogP contribution in [0.5, 0.6) is 0 Å². The molecule has 0 aliphatic carbocycles. The Kier molecular flexibility index (Phi) is 2.48. The highest BCUT2D eigenvalue weighted by Crippen LogP contribution is 2.15.